The molecule has 0 aliphatic carbocycles. The van der Waals surface area contributed by atoms with Crippen molar-refractivity contribution in [3.8, 4) is 0 Å². The van der Waals surface area contributed by atoms with Crippen molar-refractivity contribution in [3.63, 3.8) is 0 Å². The SMILES string of the molecule is CNCc1cn(CCc2ccc([N+](=O)[O-])cc2)cn1. The first-order valence-electron chi connectivity index (χ1n) is 6.07. The molecule has 0 spiro atoms. The molecule has 0 amide bonds. The molecule has 0 aliphatic rings. The number of hydrogen-bond donors (Lipinski definition) is 1. The molecule has 6 heteroatoms. The zero-order valence-corrected chi connectivity index (χ0v) is 10.7. The van der Waals surface area contributed by atoms with Gasteiger partial charge in [-0.05, 0) is 19.0 Å². The van der Waals surface area contributed by atoms with Crippen molar-refractivity contribution in [1.82, 2.24) is 14.9 Å². The van der Waals surface area contributed by atoms with E-state index in [4.69, 9.17) is 0 Å². The maximum Gasteiger partial charge on any atom is 0.269 e. The van der Waals surface area contributed by atoms with Gasteiger partial charge in [0.05, 0.1) is 16.9 Å². The monoisotopic (exact) mass is 260 g/mol. The average molecular weight is 260 g/mol. The Balaban J connectivity index is 1.92. The second-order valence-electron chi connectivity index (χ2n) is 4.31. The summed E-state index contributed by atoms with van der Waals surface area (Å²) in [7, 11) is 1.88. The standard InChI is InChI=1S/C13H16N4O2/c1-14-8-12-9-16(10-15-12)7-6-11-2-4-13(5-3-11)17(18)19/h2-5,9-10,14H,6-8H2,1H3. The number of non-ortho nitro benzene ring substituents is 1. The molecule has 19 heavy (non-hydrogen) atoms. The lowest BCUT2D eigenvalue weighted by Gasteiger charge is -2.02. The van der Waals surface area contributed by atoms with Crippen molar-refractivity contribution < 1.29 is 4.92 Å². The van der Waals surface area contributed by atoms with Gasteiger partial charge in [-0.25, -0.2) is 4.98 Å². The van der Waals surface area contributed by atoms with E-state index in [2.05, 4.69) is 10.3 Å². The number of imidazole rings is 1. The van der Waals surface area contributed by atoms with E-state index in [1.165, 1.54) is 12.1 Å². The highest BCUT2D eigenvalue weighted by Crippen LogP contribution is 2.12. The summed E-state index contributed by atoms with van der Waals surface area (Å²) >= 11 is 0. The van der Waals surface area contributed by atoms with Gasteiger partial charge in [0.2, 0.25) is 0 Å². The number of nitrogens with one attached hydrogen (secondary N) is 1. The van der Waals surface area contributed by atoms with E-state index in [0.29, 0.717) is 0 Å². The van der Waals surface area contributed by atoms with Crippen LogP contribution in [0.3, 0.4) is 0 Å². The van der Waals surface area contributed by atoms with E-state index in [0.717, 1.165) is 30.8 Å². The van der Waals surface area contributed by atoms with Gasteiger partial charge in [-0.15, -0.1) is 0 Å². The third-order valence-electron chi connectivity index (χ3n) is 2.85. The Morgan fingerprint density at radius 1 is 1.37 bits per heavy atom. The molecule has 1 aromatic heterocycles. The van der Waals surface area contributed by atoms with Crippen LogP contribution >= 0.6 is 0 Å². The fourth-order valence-electron chi connectivity index (χ4n) is 1.84. The fourth-order valence-corrected chi connectivity index (χ4v) is 1.84. The third kappa shape index (κ3) is 3.62. The number of benzene rings is 1. The summed E-state index contributed by atoms with van der Waals surface area (Å²) in [6.45, 7) is 1.57. The summed E-state index contributed by atoms with van der Waals surface area (Å²) in [4.78, 5) is 14.4. The topological polar surface area (TPSA) is 73.0 Å². The first-order valence-corrected chi connectivity index (χ1v) is 6.07. The lowest BCUT2D eigenvalue weighted by atomic mass is 10.1. The Morgan fingerprint density at radius 2 is 2.11 bits per heavy atom. The Bertz CT molecular complexity index is 548. The maximum absolute atomic E-state index is 10.5. The van der Waals surface area contributed by atoms with Gasteiger partial charge < -0.3 is 9.88 Å². The molecule has 2 rings (SSSR count). The van der Waals surface area contributed by atoms with Crippen molar-refractivity contribution in [1.29, 1.82) is 0 Å². The number of nitro benzene ring substituents is 1. The zero-order valence-electron chi connectivity index (χ0n) is 10.7. The van der Waals surface area contributed by atoms with E-state index >= 15 is 0 Å². The number of aromatic nitrogens is 2. The molecule has 1 heterocycles. The van der Waals surface area contributed by atoms with Crippen molar-refractivity contribution in [2.45, 2.75) is 19.5 Å². The second kappa shape index (κ2) is 6.10. The molecule has 1 N–H and O–H groups in total. The minimum atomic E-state index is -0.385. The molecule has 0 saturated carbocycles. The molecule has 6 nitrogen and oxygen atoms in total. The average Bonchev–Trinajstić information content (AvgIpc) is 2.85. The molecule has 0 saturated heterocycles. The second-order valence-corrected chi connectivity index (χ2v) is 4.31. The maximum atomic E-state index is 10.5. The number of nitrogens with zero attached hydrogens (tertiary/aromatic N) is 3. The van der Waals surface area contributed by atoms with Gasteiger partial charge in [0.1, 0.15) is 0 Å². The van der Waals surface area contributed by atoms with Crippen molar-refractivity contribution in [2.24, 2.45) is 0 Å². The van der Waals surface area contributed by atoms with E-state index < -0.39 is 0 Å². The van der Waals surface area contributed by atoms with Gasteiger partial charge in [-0.1, -0.05) is 12.1 Å². The largest absolute Gasteiger partial charge is 0.337 e. The Kier molecular flexibility index (Phi) is 4.25. The number of hydrogen-bond acceptors (Lipinski definition) is 4. The molecule has 0 aliphatic heterocycles. The molecular formula is C13H16N4O2. The first-order chi connectivity index (χ1) is 9.19. The Labute approximate surface area is 111 Å². The van der Waals surface area contributed by atoms with Crippen molar-refractivity contribution in [3.05, 3.63) is 58.2 Å². The van der Waals surface area contributed by atoms with Crippen LogP contribution in [0.2, 0.25) is 0 Å². The van der Waals surface area contributed by atoms with E-state index in [1.807, 2.05) is 17.8 Å². The van der Waals surface area contributed by atoms with E-state index in [1.54, 1.807) is 18.5 Å². The Hall–Kier alpha value is -2.21. The normalized spacial score (nSPS) is 10.6. The minimum absolute atomic E-state index is 0.127. The lowest BCUT2D eigenvalue weighted by Crippen LogP contribution is -2.05. The summed E-state index contributed by atoms with van der Waals surface area (Å²) in [6.07, 6.45) is 4.63. The fraction of sp³-hybridized carbons (Fsp3) is 0.308. The summed E-state index contributed by atoms with van der Waals surface area (Å²) in [5, 5.41) is 13.6. The van der Waals surface area contributed by atoms with Gasteiger partial charge in [0, 0.05) is 31.4 Å². The molecule has 0 atom stereocenters. The number of nitro groups is 1. The molecule has 0 fully saturated rings. The van der Waals surface area contributed by atoms with Crippen molar-refractivity contribution >= 4 is 5.69 Å². The van der Waals surface area contributed by atoms with E-state index in [-0.39, 0.29) is 10.6 Å². The summed E-state index contributed by atoms with van der Waals surface area (Å²) < 4.78 is 2.02. The molecule has 0 unspecified atom stereocenters. The van der Waals surface area contributed by atoms with Crippen molar-refractivity contribution in [2.75, 3.05) is 7.05 Å². The van der Waals surface area contributed by atoms with Crippen LogP contribution in [-0.2, 0) is 19.5 Å². The highest BCUT2D eigenvalue weighted by Gasteiger charge is 2.04. The van der Waals surface area contributed by atoms with Gasteiger partial charge >= 0.3 is 0 Å². The molecular weight excluding hydrogens is 244 g/mol. The molecule has 1 aromatic carbocycles. The number of aryl methyl sites for hydroxylation is 2. The van der Waals surface area contributed by atoms with Crippen LogP contribution < -0.4 is 5.32 Å². The first kappa shape index (κ1) is 13.2. The quantitative estimate of drug-likeness (QED) is 0.634. The predicted molar refractivity (Wildman–Crippen MR) is 71.8 cm³/mol. The summed E-state index contributed by atoms with van der Waals surface area (Å²) in [5.41, 5.74) is 2.21. The van der Waals surface area contributed by atoms with Crippen LogP contribution in [0, 0.1) is 10.1 Å². The van der Waals surface area contributed by atoms with Gasteiger partial charge in [-0.3, -0.25) is 10.1 Å². The van der Waals surface area contributed by atoms with Crippen LogP contribution in [0.5, 0.6) is 0 Å². The predicted octanol–water partition coefficient (Wildman–Crippen LogP) is 1.75. The molecule has 2 aromatic rings. The summed E-state index contributed by atoms with van der Waals surface area (Å²) in [6, 6.07) is 6.67. The van der Waals surface area contributed by atoms with Gasteiger partial charge in [0.25, 0.3) is 5.69 Å². The molecule has 0 bridgehead atoms. The highest BCUT2D eigenvalue weighted by atomic mass is 16.6. The van der Waals surface area contributed by atoms with E-state index in [9.17, 15) is 10.1 Å². The van der Waals surface area contributed by atoms with Crippen LogP contribution in [0.4, 0.5) is 5.69 Å². The summed E-state index contributed by atoms with van der Waals surface area (Å²) in [5.74, 6) is 0. The smallest absolute Gasteiger partial charge is 0.269 e. The Morgan fingerprint density at radius 3 is 2.74 bits per heavy atom. The van der Waals surface area contributed by atoms with Crippen LogP contribution in [0.1, 0.15) is 11.3 Å². The minimum Gasteiger partial charge on any atom is -0.337 e. The van der Waals surface area contributed by atoms with Crippen LogP contribution in [0.25, 0.3) is 0 Å². The molecule has 0 radical (unpaired) electrons. The van der Waals surface area contributed by atoms with Gasteiger partial charge in [0.15, 0.2) is 0 Å². The van der Waals surface area contributed by atoms with Crippen LogP contribution in [0.15, 0.2) is 36.8 Å². The zero-order chi connectivity index (χ0) is 13.7. The lowest BCUT2D eigenvalue weighted by molar-refractivity contribution is -0.384. The number of rotatable bonds is 6. The third-order valence-corrected chi connectivity index (χ3v) is 2.85. The van der Waals surface area contributed by atoms with Gasteiger partial charge in [-0.2, -0.15) is 0 Å². The van der Waals surface area contributed by atoms with Crippen LogP contribution in [-0.4, -0.2) is 21.5 Å². The molecule has 100 valence electrons. The highest BCUT2D eigenvalue weighted by molar-refractivity contribution is 5.32.